The molecule has 0 fully saturated rings. The van der Waals surface area contributed by atoms with E-state index in [1.54, 1.807) is 0 Å². The number of anilines is 3. The molecule has 0 N–H and O–H groups in total. The van der Waals surface area contributed by atoms with Gasteiger partial charge in [-0.05, 0) is 124 Å². The molecule has 10 rings (SSSR count). The summed E-state index contributed by atoms with van der Waals surface area (Å²) in [6.45, 7) is 0. The maximum absolute atomic E-state index is 2.39. The lowest BCUT2D eigenvalue weighted by molar-refractivity contribution is 1.24. The third kappa shape index (κ3) is 6.98. The topological polar surface area (TPSA) is 3.24 Å². The summed E-state index contributed by atoms with van der Waals surface area (Å²) in [6, 6.07) is 95.0. The second-order valence-corrected chi connectivity index (χ2v) is 18.1. The van der Waals surface area contributed by atoms with Gasteiger partial charge in [-0.1, -0.05) is 176 Å². The molecular weight excluding hydrogens is 743 g/mol. The number of hydrogen-bond acceptors (Lipinski definition) is 1. The molecule has 0 radical (unpaired) electrons. The van der Waals surface area contributed by atoms with E-state index in [0.717, 1.165) is 17.1 Å². The van der Waals surface area contributed by atoms with Gasteiger partial charge in [-0.2, -0.15) is 0 Å². The molecule has 60 heavy (non-hydrogen) atoms. The Labute approximate surface area is 354 Å². The highest BCUT2D eigenvalue weighted by atomic mass is 32.3. The Morgan fingerprint density at radius 3 is 1.12 bits per heavy atom. The standard InChI is InChI=1S/C58H43NS/c1-5-17-44(18-6-1)49-21-15-22-50(43-49)47-33-39-52(40-34-47)59(58-30-16-20-48-19-13-14-29-57(48)58)51-37-31-45(32-38-51)46-35-41-56(42-36-46)60(53-23-7-2-8-24-53,54-25-9-3-10-26-54)55-27-11-4-12-28-55/h1-43H. The third-order valence-corrected chi connectivity index (χ3v) is 15.3. The number of nitrogens with zero attached hydrogens (tertiary/aromatic N) is 1. The first kappa shape index (κ1) is 36.9. The Bertz CT molecular complexity index is 2880. The molecule has 2 heteroatoms. The predicted molar refractivity (Wildman–Crippen MR) is 255 cm³/mol. The minimum absolute atomic E-state index is 1.10. The molecule has 10 aromatic carbocycles. The van der Waals surface area contributed by atoms with Gasteiger partial charge in [0, 0.05) is 36.3 Å². The van der Waals surface area contributed by atoms with Crippen LogP contribution in [-0.2, 0) is 0 Å². The minimum atomic E-state index is -1.75. The lowest BCUT2D eigenvalue weighted by Crippen LogP contribution is -2.10. The highest BCUT2D eigenvalue weighted by Crippen LogP contribution is 2.73. The zero-order valence-electron chi connectivity index (χ0n) is 33.2. The summed E-state index contributed by atoms with van der Waals surface area (Å²) in [5, 5.41) is 2.42. The van der Waals surface area contributed by atoms with Gasteiger partial charge in [0.15, 0.2) is 0 Å². The van der Waals surface area contributed by atoms with Gasteiger partial charge in [-0.3, -0.25) is 0 Å². The zero-order chi connectivity index (χ0) is 40.1. The number of fused-ring (bicyclic) bond motifs is 1. The second kappa shape index (κ2) is 16.5. The maximum Gasteiger partial charge on any atom is 0.0540 e. The van der Waals surface area contributed by atoms with Crippen molar-refractivity contribution in [2.45, 2.75) is 19.6 Å². The van der Waals surface area contributed by atoms with Gasteiger partial charge in [0.1, 0.15) is 0 Å². The van der Waals surface area contributed by atoms with Crippen LogP contribution in [0.4, 0.5) is 17.1 Å². The van der Waals surface area contributed by atoms with Crippen LogP contribution in [0.1, 0.15) is 0 Å². The molecule has 0 amide bonds. The van der Waals surface area contributed by atoms with Crippen molar-refractivity contribution in [2.75, 3.05) is 4.90 Å². The van der Waals surface area contributed by atoms with Gasteiger partial charge < -0.3 is 4.90 Å². The minimum Gasteiger partial charge on any atom is -0.310 e. The molecule has 1 nitrogen and oxygen atoms in total. The van der Waals surface area contributed by atoms with Crippen molar-refractivity contribution < 1.29 is 0 Å². The van der Waals surface area contributed by atoms with Crippen molar-refractivity contribution in [2.24, 2.45) is 0 Å². The van der Waals surface area contributed by atoms with Gasteiger partial charge in [0.25, 0.3) is 0 Å². The summed E-state index contributed by atoms with van der Waals surface area (Å²) in [7, 11) is -1.75. The summed E-state index contributed by atoms with van der Waals surface area (Å²) in [5.41, 5.74) is 10.5. The molecule has 0 spiro atoms. The lowest BCUT2D eigenvalue weighted by Gasteiger charge is -2.42. The molecular formula is C58H43NS. The Morgan fingerprint density at radius 2 is 0.600 bits per heavy atom. The summed E-state index contributed by atoms with van der Waals surface area (Å²) in [5.74, 6) is 0. The molecule has 0 bridgehead atoms. The molecule has 10 aromatic rings. The van der Waals surface area contributed by atoms with Gasteiger partial charge in [0.05, 0.1) is 5.69 Å². The molecule has 0 heterocycles. The SMILES string of the molecule is c1ccc(-c2cccc(-c3ccc(N(c4ccc(-c5ccc(S(c6ccccc6)(c6ccccc6)c6ccccc6)cc5)cc4)c4cccc5ccccc45)cc3)c2)cc1. The Balaban J connectivity index is 1.02. The summed E-state index contributed by atoms with van der Waals surface area (Å²) in [6.07, 6.45) is 0. The first-order chi connectivity index (χ1) is 29.8. The van der Waals surface area contributed by atoms with E-state index in [9.17, 15) is 0 Å². The predicted octanol–water partition coefficient (Wildman–Crippen LogP) is 16.7. The summed E-state index contributed by atoms with van der Waals surface area (Å²) in [4.78, 5) is 7.66. The van der Waals surface area contributed by atoms with Gasteiger partial charge in [0.2, 0.25) is 0 Å². The van der Waals surface area contributed by atoms with Crippen molar-refractivity contribution in [3.8, 4) is 33.4 Å². The fourth-order valence-electron chi connectivity index (χ4n) is 8.49. The van der Waals surface area contributed by atoms with E-state index in [0.29, 0.717) is 0 Å². The van der Waals surface area contributed by atoms with Crippen LogP contribution in [0.2, 0.25) is 0 Å². The summed E-state index contributed by atoms with van der Waals surface area (Å²) < 4.78 is 0. The highest BCUT2D eigenvalue weighted by Gasteiger charge is 2.33. The Hall–Kier alpha value is -7.39. The lowest BCUT2D eigenvalue weighted by atomic mass is 9.98. The number of hydrogen-bond donors (Lipinski definition) is 0. The normalized spacial score (nSPS) is 11.6. The zero-order valence-corrected chi connectivity index (χ0v) is 34.0. The van der Waals surface area contributed by atoms with Crippen LogP contribution in [0.3, 0.4) is 0 Å². The largest absolute Gasteiger partial charge is 0.310 e. The average molecular weight is 786 g/mol. The van der Waals surface area contributed by atoms with Crippen molar-refractivity contribution in [3.63, 3.8) is 0 Å². The highest BCUT2D eigenvalue weighted by molar-refractivity contribution is 8.34. The number of rotatable bonds is 10. The van der Waals surface area contributed by atoms with E-state index in [1.807, 2.05) is 0 Å². The molecule has 0 saturated carbocycles. The molecule has 0 unspecified atom stereocenters. The van der Waals surface area contributed by atoms with Crippen LogP contribution in [-0.4, -0.2) is 0 Å². The fraction of sp³-hybridized carbons (Fsp3) is 0. The molecule has 0 aliphatic carbocycles. The molecule has 0 saturated heterocycles. The number of benzene rings is 10. The molecule has 0 aliphatic heterocycles. The van der Waals surface area contributed by atoms with E-state index in [1.165, 1.54) is 63.7 Å². The second-order valence-electron chi connectivity index (χ2n) is 15.0. The van der Waals surface area contributed by atoms with Gasteiger partial charge >= 0.3 is 0 Å². The van der Waals surface area contributed by atoms with Gasteiger partial charge in [-0.25, -0.2) is 0 Å². The van der Waals surface area contributed by atoms with Crippen molar-refractivity contribution in [3.05, 3.63) is 261 Å². The van der Waals surface area contributed by atoms with E-state index in [4.69, 9.17) is 0 Å². The van der Waals surface area contributed by atoms with Crippen LogP contribution in [0.15, 0.2) is 280 Å². The molecule has 0 atom stereocenters. The summed E-state index contributed by atoms with van der Waals surface area (Å²) >= 11 is 0. The van der Waals surface area contributed by atoms with Crippen LogP contribution in [0.25, 0.3) is 44.2 Å². The molecule has 0 aromatic heterocycles. The monoisotopic (exact) mass is 785 g/mol. The van der Waals surface area contributed by atoms with E-state index < -0.39 is 10.0 Å². The smallest absolute Gasteiger partial charge is 0.0540 e. The van der Waals surface area contributed by atoms with Gasteiger partial charge in [-0.15, -0.1) is 10.0 Å². The molecule has 0 aliphatic rings. The Kier molecular flexibility index (Phi) is 10.1. The van der Waals surface area contributed by atoms with E-state index in [-0.39, 0.29) is 0 Å². The van der Waals surface area contributed by atoms with E-state index >= 15 is 0 Å². The van der Waals surface area contributed by atoms with Crippen LogP contribution in [0, 0.1) is 0 Å². The van der Waals surface area contributed by atoms with Crippen LogP contribution in [0.5, 0.6) is 0 Å². The first-order valence-electron chi connectivity index (χ1n) is 20.5. The van der Waals surface area contributed by atoms with Crippen molar-refractivity contribution in [1.29, 1.82) is 0 Å². The van der Waals surface area contributed by atoms with Crippen molar-refractivity contribution >= 4 is 37.9 Å². The van der Waals surface area contributed by atoms with Crippen LogP contribution >= 0.6 is 10.0 Å². The first-order valence-corrected chi connectivity index (χ1v) is 22.1. The maximum atomic E-state index is 2.39. The third-order valence-electron chi connectivity index (χ3n) is 11.4. The average Bonchev–Trinajstić information content (AvgIpc) is 3.34. The van der Waals surface area contributed by atoms with Crippen molar-refractivity contribution in [1.82, 2.24) is 0 Å². The fourth-order valence-corrected chi connectivity index (χ4v) is 12.4. The van der Waals surface area contributed by atoms with Crippen LogP contribution < -0.4 is 4.90 Å². The quantitative estimate of drug-likeness (QED) is 0.133. The Morgan fingerprint density at radius 1 is 0.250 bits per heavy atom. The molecule has 286 valence electrons. The van der Waals surface area contributed by atoms with E-state index in [2.05, 4.69) is 266 Å².